The van der Waals surface area contributed by atoms with Crippen molar-refractivity contribution in [2.24, 2.45) is 0 Å². The van der Waals surface area contributed by atoms with E-state index in [1.165, 1.54) is 0 Å². The second-order valence-corrected chi connectivity index (χ2v) is 9.04. The van der Waals surface area contributed by atoms with Gasteiger partial charge in [-0.15, -0.1) is 11.3 Å². The normalized spacial score (nSPS) is 19.0. The largest absolute Gasteiger partial charge is 0.378 e. The number of aryl methyl sites for hydroxylation is 1. The van der Waals surface area contributed by atoms with Crippen LogP contribution in [0.4, 0.5) is 0 Å². The average molecular weight is 405 g/mol. The van der Waals surface area contributed by atoms with Gasteiger partial charge in [0.2, 0.25) is 0 Å². The first-order valence-electron chi connectivity index (χ1n) is 9.98. The number of nitrogens with zero attached hydrogens (tertiary/aromatic N) is 3. The quantitative estimate of drug-likeness (QED) is 0.851. The lowest BCUT2D eigenvalue weighted by Gasteiger charge is -2.36. The highest BCUT2D eigenvalue weighted by molar-refractivity contribution is 7.19. The number of morpholine rings is 1. The molecular weight excluding hydrogens is 376 g/mol. The summed E-state index contributed by atoms with van der Waals surface area (Å²) >= 11 is 1.57. The maximum Gasteiger partial charge on any atom is 0.270 e. The lowest BCUT2D eigenvalue weighted by Crippen LogP contribution is -2.50. The number of carbonyl (C=O) groups excluding carboxylic acids is 2. The van der Waals surface area contributed by atoms with Gasteiger partial charge in [-0.1, -0.05) is 0 Å². The Kier molecular flexibility index (Phi) is 5.44. The minimum Gasteiger partial charge on any atom is -0.378 e. The molecule has 0 unspecified atom stereocenters. The van der Waals surface area contributed by atoms with E-state index in [1.54, 1.807) is 11.3 Å². The van der Waals surface area contributed by atoms with Crippen LogP contribution in [0.1, 0.15) is 39.6 Å². The fraction of sp³-hybridized carbons (Fsp3) is 0.600. The van der Waals surface area contributed by atoms with Gasteiger partial charge in [0.15, 0.2) is 0 Å². The number of ether oxygens (including phenoxy) is 1. The van der Waals surface area contributed by atoms with Gasteiger partial charge in [-0.05, 0) is 26.8 Å². The number of aromatic nitrogens is 1. The van der Waals surface area contributed by atoms with E-state index in [1.807, 2.05) is 22.8 Å². The molecule has 28 heavy (non-hydrogen) atoms. The summed E-state index contributed by atoms with van der Waals surface area (Å²) in [5, 5.41) is 0. The van der Waals surface area contributed by atoms with Gasteiger partial charge in [0.1, 0.15) is 5.69 Å². The number of hydrogen-bond donors (Lipinski definition) is 1. The summed E-state index contributed by atoms with van der Waals surface area (Å²) in [5.74, 6) is 0.0488. The van der Waals surface area contributed by atoms with E-state index in [4.69, 9.17) is 4.74 Å². The molecule has 152 valence electrons. The van der Waals surface area contributed by atoms with Crippen LogP contribution in [0.3, 0.4) is 0 Å². The summed E-state index contributed by atoms with van der Waals surface area (Å²) in [7, 11) is 0. The molecule has 0 saturated carbocycles. The monoisotopic (exact) mass is 404 g/mol. The van der Waals surface area contributed by atoms with Gasteiger partial charge in [0.25, 0.3) is 11.8 Å². The van der Waals surface area contributed by atoms with Crippen molar-refractivity contribution in [2.45, 2.75) is 26.8 Å². The van der Waals surface area contributed by atoms with E-state index in [2.05, 4.69) is 23.7 Å². The Balaban J connectivity index is 1.54. The molecular formula is C20H28N4O3S. The molecule has 2 amide bonds. The Morgan fingerprint density at radius 2 is 1.68 bits per heavy atom. The van der Waals surface area contributed by atoms with Gasteiger partial charge in [0.05, 0.1) is 29.0 Å². The highest BCUT2D eigenvalue weighted by atomic mass is 32.1. The predicted octanol–water partition coefficient (Wildman–Crippen LogP) is 2.18. The first kappa shape index (κ1) is 19.4. The van der Waals surface area contributed by atoms with Crippen molar-refractivity contribution in [3.63, 3.8) is 0 Å². The van der Waals surface area contributed by atoms with Crippen molar-refractivity contribution in [1.82, 2.24) is 19.7 Å². The van der Waals surface area contributed by atoms with Crippen LogP contribution in [0.2, 0.25) is 0 Å². The number of fused-ring (bicyclic) bond motifs is 1. The minimum absolute atomic E-state index is 0.0224. The van der Waals surface area contributed by atoms with Gasteiger partial charge >= 0.3 is 0 Å². The highest BCUT2D eigenvalue weighted by Gasteiger charge is 2.28. The fourth-order valence-corrected chi connectivity index (χ4v) is 5.06. The zero-order valence-corrected chi connectivity index (χ0v) is 17.6. The first-order chi connectivity index (χ1) is 13.5. The molecule has 2 fully saturated rings. The molecule has 0 spiro atoms. The summed E-state index contributed by atoms with van der Waals surface area (Å²) in [4.78, 5) is 36.4. The van der Waals surface area contributed by atoms with Crippen LogP contribution in [0.25, 0.3) is 10.2 Å². The molecule has 0 bridgehead atoms. The summed E-state index contributed by atoms with van der Waals surface area (Å²) < 4.78 is 6.33. The molecule has 2 aliphatic rings. The number of carbonyl (C=O) groups is 2. The molecule has 2 saturated heterocycles. The van der Waals surface area contributed by atoms with Gasteiger partial charge in [-0.25, -0.2) is 0 Å². The third-order valence-corrected chi connectivity index (χ3v) is 6.77. The number of aromatic amines is 1. The molecule has 0 radical (unpaired) electrons. The molecule has 4 rings (SSSR count). The van der Waals surface area contributed by atoms with Crippen LogP contribution >= 0.6 is 11.3 Å². The Hall–Kier alpha value is -1.90. The van der Waals surface area contributed by atoms with Crippen molar-refractivity contribution in [1.29, 1.82) is 0 Å². The van der Waals surface area contributed by atoms with E-state index < -0.39 is 0 Å². The highest BCUT2D eigenvalue weighted by Crippen LogP contribution is 2.32. The van der Waals surface area contributed by atoms with Crippen LogP contribution < -0.4 is 0 Å². The summed E-state index contributed by atoms with van der Waals surface area (Å²) in [6.45, 7) is 12.0. The number of piperazine rings is 1. The number of H-pyrrole nitrogens is 1. The molecule has 2 aliphatic heterocycles. The summed E-state index contributed by atoms with van der Waals surface area (Å²) in [5.41, 5.74) is 2.07. The van der Waals surface area contributed by atoms with Crippen molar-refractivity contribution < 1.29 is 14.3 Å². The maximum absolute atomic E-state index is 13.0. The van der Waals surface area contributed by atoms with Crippen molar-refractivity contribution in [3.05, 3.63) is 22.2 Å². The Morgan fingerprint density at radius 3 is 2.32 bits per heavy atom. The van der Waals surface area contributed by atoms with E-state index >= 15 is 0 Å². The van der Waals surface area contributed by atoms with Crippen LogP contribution in [0.15, 0.2) is 6.07 Å². The molecule has 2 aromatic rings. The van der Waals surface area contributed by atoms with E-state index in [-0.39, 0.29) is 11.8 Å². The number of amides is 2. The van der Waals surface area contributed by atoms with E-state index in [0.29, 0.717) is 43.6 Å². The molecule has 2 aromatic heterocycles. The van der Waals surface area contributed by atoms with Crippen molar-refractivity contribution >= 4 is 33.4 Å². The van der Waals surface area contributed by atoms with Gasteiger partial charge in [-0.3, -0.25) is 14.5 Å². The molecule has 0 aliphatic carbocycles. The van der Waals surface area contributed by atoms with Crippen LogP contribution in [-0.2, 0) is 4.74 Å². The minimum atomic E-state index is 0.0224. The zero-order valence-electron chi connectivity index (χ0n) is 16.8. The number of rotatable bonds is 3. The topological polar surface area (TPSA) is 68.9 Å². The smallest absolute Gasteiger partial charge is 0.270 e. The molecule has 4 heterocycles. The Labute approximate surface area is 169 Å². The SMILES string of the molecule is Cc1sc2cc(C(=O)N3CCN(C(C)C)CC3)[nH]c2c1C(=O)N1CCOCC1. The fourth-order valence-electron chi connectivity index (χ4n) is 4.00. The standard InChI is InChI=1S/C20H28N4O3S/c1-13(2)22-4-6-23(7-5-22)19(25)15-12-16-18(21-15)17(14(3)28-16)20(26)24-8-10-27-11-9-24/h12-13,21H,4-11H2,1-3H3. The second kappa shape index (κ2) is 7.85. The second-order valence-electron chi connectivity index (χ2n) is 7.78. The third kappa shape index (κ3) is 3.56. The summed E-state index contributed by atoms with van der Waals surface area (Å²) in [6.07, 6.45) is 0. The lowest BCUT2D eigenvalue weighted by atomic mass is 10.2. The maximum atomic E-state index is 13.0. The van der Waals surface area contributed by atoms with E-state index in [0.717, 1.165) is 41.3 Å². The van der Waals surface area contributed by atoms with Crippen molar-refractivity contribution in [2.75, 3.05) is 52.5 Å². The van der Waals surface area contributed by atoms with Crippen LogP contribution in [0, 0.1) is 6.92 Å². The molecule has 1 N–H and O–H groups in total. The Bertz CT molecular complexity index is 874. The van der Waals surface area contributed by atoms with Gasteiger partial charge in [-0.2, -0.15) is 0 Å². The molecule has 8 heteroatoms. The molecule has 0 aromatic carbocycles. The van der Waals surface area contributed by atoms with Crippen LogP contribution in [0.5, 0.6) is 0 Å². The zero-order chi connectivity index (χ0) is 19.8. The molecule has 7 nitrogen and oxygen atoms in total. The summed E-state index contributed by atoms with van der Waals surface area (Å²) in [6, 6.07) is 2.41. The average Bonchev–Trinajstić information content (AvgIpc) is 3.24. The first-order valence-corrected chi connectivity index (χ1v) is 10.8. The van der Waals surface area contributed by atoms with Gasteiger partial charge in [0, 0.05) is 50.2 Å². The third-order valence-electron chi connectivity index (χ3n) is 5.72. The lowest BCUT2D eigenvalue weighted by molar-refractivity contribution is 0.0304. The number of thiophene rings is 1. The number of hydrogen-bond acceptors (Lipinski definition) is 5. The van der Waals surface area contributed by atoms with E-state index in [9.17, 15) is 9.59 Å². The Morgan fingerprint density at radius 1 is 1.04 bits per heavy atom. The number of nitrogens with one attached hydrogen (secondary N) is 1. The molecule has 0 atom stereocenters. The van der Waals surface area contributed by atoms with Crippen molar-refractivity contribution in [3.8, 4) is 0 Å². The van der Waals surface area contributed by atoms with Gasteiger partial charge < -0.3 is 19.5 Å². The predicted molar refractivity (Wildman–Crippen MR) is 110 cm³/mol. The van der Waals surface area contributed by atoms with Crippen LogP contribution in [-0.4, -0.2) is 90.0 Å².